The van der Waals surface area contributed by atoms with E-state index in [9.17, 15) is 9.18 Å². The molecule has 1 aromatic heterocycles. The van der Waals surface area contributed by atoms with E-state index in [1.54, 1.807) is 18.3 Å². The third-order valence-corrected chi connectivity index (χ3v) is 5.49. The fourth-order valence-corrected chi connectivity index (χ4v) is 3.75. The Labute approximate surface area is 162 Å². The summed E-state index contributed by atoms with van der Waals surface area (Å²) in [5.41, 5.74) is 3.11. The monoisotopic (exact) mass is 383 g/mol. The molecule has 1 amide bonds. The highest BCUT2D eigenvalue weighted by Gasteiger charge is 2.21. The Bertz CT molecular complexity index is 937. The number of aromatic nitrogens is 2. The van der Waals surface area contributed by atoms with Crippen LogP contribution in [0, 0.1) is 19.7 Å². The second-order valence-corrected chi connectivity index (χ2v) is 7.52. The Kier molecular flexibility index (Phi) is 5.96. The van der Waals surface area contributed by atoms with Crippen molar-refractivity contribution < 1.29 is 9.18 Å². The number of aryl methyl sites for hydroxylation is 3. The van der Waals surface area contributed by atoms with E-state index in [-0.39, 0.29) is 11.7 Å². The fraction of sp³-hybridized carbons (Fsp3) is 0.238. The SMILES string of the molecule is Cc1ccc(C)c(SCC(=O)NC(c2ccc(F)cc2)c2nccn2C)c1. The zero-order valence-electron chi connectivity index (χ0n) is 15.6. The quantitative estimate of drug-likeness (QED) is 0.650. The molecule has 0 bridgehead atoms. The maximum atomic E-state index is 13.3. The van der Waals surface area contributed by atoms with Gasteiger partial charge in [0.25, 0.3) is 0 Å². The zero-order valence-corrected chi connectivity index (χ0v) is 16.4. The first kappa shape index (κ1) is 19.2. The first-order valence-electron chi connectivity index (χ1n) is 8.66. The van der Waals surface area contributed by atoms with Gasteiger partial charge in [0.15, 0.2) is 0 Å². The lowest BCUT2D eigenvalue weighted by Gasteiger charge is -2.19. The van der Waals surface area contributed by atoms with E-state index in [0.717, 1.165) is 16.0 Å². The molecule has 1 unspecified atom stereocenters. The smallest absolute Gasteiger partial charge is 0.231 e. The van der Waals surface area contributed by atoms with Crippen LogP contribution in [0.2, 0.25) is 0 Å². The Balaban J connectivity index is 1.75. The van der Waals surface area contributed by atoms with Crippen molar-refractivity contribution in [2.45, 2.75) is 24.8 Å². The summed E-state index contributed by atoms with van der Waals surface area (Å²) in [4.78, 5) is 18.1. The van der Waals surface area contributed by atoms with E-state index in [1.807, 2.05) is 31.7 Å². The molecule has 1 atom stereocenters. The van der Waals surface area contributed by atoms with Crippen molar-refractivity contribution in [2.75, 3.05) is 5.75 Å². The van der Waals surface area contributed by atoms with Crippen LogP contribution in [0.1, 0.15) is 28.6 Å². The number of halogens is 1. The van der Waals surface area contributed by atoms with Crippen LogP contribution in [-0.4, -0.2) is 21.2 Å². The highest BCUT2D eigenvalue weighted by atomic mass is 32.2. The number of nitrogens with one attached hydrogen (secondary N) is 1. The Morgan fingerprint density at radius 1 is 1.22 bits per heavy atom. The molecule has 4 nitrogen and oxygen atoms in total. The molecule has 0 radical (unpaired) electrons. The summed E-state index contributed by atoms with van der Waals surface area (Å²) in [5.74, 6) is 0.589. The summed E-state index contributed by atoms with van der Waals surface area (Å²) in [5, 5.41) is 3.03. The Morgan fingerprint density at radius 3 is 2.63 bits per heavy atom. The van der Waals surface area contributed by atoms with Crippen molar-refractivity contribution in [3.8, 4) is 0 Å². The largest absolute Gasteiger partial charge is 0.341 e. The topological polar surface area (TPSA) is 46.9 Å². The van der Waals surface area contributed by atoms with Gasteiger partial charge in [-0.2, -0.15) is 0 Å². The third kappa shape index (κ3) is 4.77. The van der Waals surface area contributed by atoms with Crippen molar-refractivity contribution in [2.24, 2.45) is 7.05 Å². The van der Waals surface area contributed by atoms with Crippen molar-refractivity contribution in [1.82, 2.24) is 14.9 Å². The second kappa shape index (κ2) is 8.39. The summed E-state index contributed by atoms with van der Waals surface area (Å²) in [6.45, 7) is 4.07. The molecule has 6 heteroatoms. The first-order chi connectivity index (χ1) is 12.9. The van der Waals surface area contributed by atoms with Crippen LogP contribution in [-0.2, 0) is 11.8 Å². The third-order valence-electron chi connectivity index (χ3n) is 4.33. The number of rotatable bonds is 6. The van der Waals surface area contributed by atoms with Crippen LogP contribution < -0.4 is 5.32 Å². The summed E-state index contributed by atoms with van der Waals surface area (Å²) >= 11 is 1.51. The van der Waals surface area contributed by atoms with Crippen LogP contribution in [0.4, 0.5) is 4.39 Å². The number of benzene rings is 2. The molecule has 1 N–H and O–H groups in total. The number of hydrogen-bond donors (Lipinski definition) is 1. The molecule has 2 aromatic carbocycles. The molecule has 0 aliphatic carbocycles. The van der Waals surface area contributed by atoms with E-state index in [1.165, 1.54) is 29.5 Å². The molecule has 0 spiro atoms. The minimum absolute atomic E-state index is 0.0989. The van der Waals surface area contributed by atoms with E-state index in [4.69, 9.17) is 0 Å². The molecular formula is C21H22FN3OS. The van der Waals surface area contributed by atoms with Crippen LogP contribution in [0.15, 0.2) is 59.8 Å². The summed E-state index contributed by atoms with van der Waals surface area (Å²) < 4.78 is 15.2. The number of imidazole rings is 1. The van der Waals surface area contributed by atoms with Gasteiger partial charge in [0.2, 0.25) is 5.91 Å². The molecule has 3 rings (SSSR count). The van der Waals surface area contributed by atoms with Crippen LogP contribution in [0.5, 0.6) is 0 Å². The molecule has 27 heavy (non-hydrogen) atoms. The molecule has 0 fully saturated rings. The average molecular weight is 383 g/mol. The predicted octanol–water partition coefficient (Wildman–Crippen LogP) is 4.17. The molecule has 0 aliphatic heterocycles. The lowest BCUT2D eigenvalue weighted by Crippen LogP contribution is -2.32. The van der Waals surface area contributed by atoms with Crippen LogP contribution >= 0.6 is 11.8 Å². The van der Waals surface area contributed by atoms with Gasteiger partial charge in [-0.3, -0.25) is 4.79 Å². The predicted molar refractivity (Wildman–Crippen MR) is 106 cm³/mol. The van der Waals surface area contributed by atoms with E-state index in [0.29, 0.717) is 11.6 Å². The molecule has 0 saturated heterocycles. The maximum absolute atomic E-state index is 13.3. The van der Waals surface area contributed by atoms with Gasteiger partial charge in [-0.15, -0.1) is 11.8 Å². The van der Waals surface area contributed by atoms with E-state index >= 15 is 0 Å². The molecule has 140 valence electrons. The van der Waals surface area contributed by atoms with Crippen LogP contribution in [0.25, 0.3) is 0 Å². The lowest BCUT2D eigenvalue weighted by molar-refractivity contribution is -0.119. The number of amides is 1. The number of hydrogen-bond acceptors (Lipinski definition) is 3. The first-order valence-corrected chi connectivity index (χ1v) is 9.64. The van der Waals surface area contributed by atoms with Crippen LogP contribution in [0.3, 0.4) is 0 Å². The molecule has 0 saturated carbocycles. The van der Waals surface area contributed by atoms with Gasteiger partial charge in [-0.05, 0) is 43.2 Å². The number of thioether (sulfide) groups is 1. The van der Waals surface area contributed by atoms with Gasteiger partial charge in [0, 0.05) is 24.3 Å². The maximum Gasteiger partial charge on any atom is 0.231 e. The average Bonchev–Trinajstić information content (AvgIpc) is 3.07. The van der Waals surface area contributed by atoms with Crippen molar-refractivity contribution >= 4 is 17.7 Å². The van der Waals surface area contributed by atoms with Gasteiger partial charge in [-0.25, -0.2) is 9.37 Å². The van der Waals surface area contributed by atoms with E-state index < -0.39 is 6.04 Å². The lowest BCUT2D eigenvalue weighted by atomic mass is 10.1. The molecule has 0 aliphatic rings. The number of carbonyl (C=O) groups is 1. The number of nitrogens with zero attached hydrogens (tertiary/aromatic N) is 2. The van der Waals surface area contributed by atoms with Crippen molar-refractivity contribution in [3.05, 3.63) is 83.2 Å². The minimum Gasteiger partial charge on any atom is -0.341 e. The molecule has 1 heterocycles. The van der Waals surface area contributed by atoms with Crippen molar-refractivity contribution in [1.29, 1.82) is 0 Å². The highest BCUT2D eigenvalue weighted by Crippen LogP contribution is 2.25. The van der Waals surface area contributed by atoms with Gasteiger partial charge < -0.3 is 9.88 Å². The van der Waals surface area contributed by atoms with Gasteiger partial charge >= 0.3 is 0 Å². The zero-order chi connectivity index (χ0) is 19.4. The number of carbonyl (C=O) groups excluding carboxylic acids is 1. The molecule has 3 aromatic rings. The Morgan fingerprint density at radius 2 is 1.96 bits per heavy atom. The second-order valence-electron chi connectivity index (χ2n) is 6.51. The fourth-order valence-electron chi connectivity index (χ4n) is 2.82. The Hall–Kier alpha value is -2.60. The highest BCUT2D eigenvalue weighted by molar-refractivity contribution is 8.00. The summed E-state index contributed by atoms with van der Waals surface area (Å²) in [7, 11) is 1.87. The molecular weight excluding hydrogens is 361 g/mol. The van der Waals surface area contributed by atoms with E-state index in [2.05, 4.69) is 28.5 Å². The van der Waals surface area contributed by atoms with Crippen molar-refractivity contribution in [3.63, 3.8) is 0 Å². The van der Waals surface area contributed by atoms with Gasteiger partial charge in [-0.1, -0.05) is 29.8 Å². The standard InChI is InChI=1S/C21H22FN3OS/c1-14-4-5-15(2)18(12-14)27-13-19(26)24-20(21-23-10-11-25(21)3)16-6-8-17(22)9-7-16/h4-12,20H,13H2,1-3H3,(H,24,26). The van der Waals surface area contributed by atoms with Gasteiger partial charge in [0.1, 0.15) is 17.7 Å². The minimum atomic E-state index is -0.433. The van der Waals surface area contributed by atoms with Gasteiger partial charge in [0.05, 0.1) is 5.75 Å². The summed E-state index contributed by atoms with van der Waals surface area (Å²) in [6, 6.07) is 11.9. The summed E-state index contributed by atoms with van der Waals surface area (Å²) in [6.07, 6.45) is 3.51. The normalized spacial score (nSPS) is 12.0.